The number of hydrogen-bond donors (Lipinski definition) is 1. The average molecular weight is 250 g/mol. The quantitative estimate of drug-likeness (QED) is 0.902. The lowest BCUT2D eigenvalue weighted by atomic mass is 10.2. The Balaban J connectivity index is 1.97. The van der Waals surface area contributed by atoms with Crippen molar-refractivity contribution in [3.8, 4) is 0 Å². The molecule has 0 bridgehead atoms. The van der Waals surface area contributed by atoms with Crippen molar-refractivity contribution in [2.75, 3.05) is 0 Å². The first kappa shape index (κ1) is 12.3. The smallest absolute Gasteiger partial charge is 0.117 e. The van der Waals surface area contributed by atoms with Gasteiger partial charge in [-0.3, -0.25) is 0 Å². The maximum atomic E-state index is 5.52. The van der Waals surface area contributed by atoms with Gasteiger partial charge in [0.25, 0.3) is 0 Å². The van der Waals surface area contributed by atoms with Crippen LogP contribution in [0.3, 0.4) is 0 Å². The molecule has 17 heavy (non-hydrogen) atoms. The van der Waals surface area contributed by atoms with Gasteiger partial charge in [-0.2, -0.15) is 0 Å². The van der Waals surface area contributed by atoms with Crippen LogP contribution in [0.1, 0.15) is 40.1 Å². The Morgan fingerprint density at radius 2 is 2.12 bits per heavy atom. The zero-order valence-corrected chi connectivity index (χ0v) is 11.5. The number of rotatable bonds is 4. The van der Waals surface area contributed by atoms with Gasteiger partial charge in [0.15, 0.2) is 0 Å². The third kappa shape index (κ3) is 2.96. The molecule has 1 atom stereocenters. The Morgan fingerprint density at radius 1 is 1.35 bits per heavy atom. The molecule has 0 amide bonds. The van der Waals surface area contributed by atoms with Gasteiger partial charge < -0.3 is 9.73 Å². The highest BCUT2D eigenvalue weighted by molar-refractivity contribution is 7.11. The molecule has 0 aromatic carbocycles. The van der Waals surface area contributed by atoms with E-state index in [9.17, 15) is 0 Å². The van der Waals surface area contributed by atoms with Gasteiger partial charge in [-0.15, -0.1) is 11.3 Å². The normalized spacial score (nSPS) is 12.9. The molecule has 0 fully saturated rings. The van der Waals surface area contributed by atoms with Gasteiger partial charge in [0, 0.05) is 10.9 Å². The van der Waals surface area contributed by atoms with E-state index in [4.69, 9.17) is 4.42 Å². The summed E-state index contributed by atoms with van der Waals surface area (Å²) in [6.07, 6.45) is 0. The van der Waals surface area contributed by atoms with Gasteiger partial charge in [0.1, 0.15) is 11.5 Å². The lowest BCUT2D eigenvalue weighted by Gasteiger charge is -2.11. The summed E-state index contributed by atoms with van der Waals surface area (Å²) < 4.78 is 5.52. The Hall–Kier alpha value is -1.13. The van der Waals surface area contributed by atoms with E-state index in [1.54, 1.807) is 11.3 Å². The molecule has 0 aliphatic heterocycles. The van der Waals surface area contributed by atoms with Gasteiger partial charge in [-0.05, 0) is 39.8 Å². The molecule has 2 aromatic rings. The second-order valence-corrected chi connectivity index (χ2v) is 5.70. The van der Waals surface area contributed by atoms with Crippen LogP contribution < -0.4 is 5.32 Å². The fourth-order valence-corrected chi connectivity index (χ4v) is 2.79. The van der Waals surface area contributed by atoms with Crippen LogP contribution >= 0.6 is 11.3 Å². The van der Waals surface area contributed by atoms with Crippen molar-refractivity contribution in [3.05, 3.63) is 39.2 Å². The number of nitrogens with zero attached hydrogens (tertiary/aromatic N) is 1. The predicted molar refractivity (Wildman–Crippen MR) is 70.3 cm³/mol. The molecule has 2 rings (SSSR count). The van der Waals surface area contributed by atoms with E-state index < -0.39 is 0 Å². The molecule has 0 spiro atoms. The van der Waals surface area contributed by atoms with E-state index in [-0.39, 0.29) is 6.04 Å². The van der Waals surface area contributed by atoms with Crippen LogP contribution in [-0.4, -0.2) is 4.98 Å². The van der Waals surface area contributed by atoms with E-state index in [0.717, 1.165) is 28.8 Å². The molecule has 0 aliphatic rings. The summed E-state index contributed by atoms with van der Waals surface area (Å²) in [6.45, 7) is 9.00. The lowest BCUT2D eigenvalue weighted by molar-refractivity contribution is 0.441. The standard InChI is InChI=1S/C13H18N2OS/c1-8-5-6-12(16-8)7-14-9(2)13-10(3)17-11(4)15-13/h5-6,9,14H,7H2,1-4H3. The van der Waals surface area contributed by atoms with Gasteiger partial charge in [-0.25, -0.2) is 4.98 Å². The number of aromatic nitrogens is 1. The van der Waals surface area contributed by atoms with Crippen LogP contribution in [0.25, 0.3) is 0 Å². The zero-order valence-electron chi connectivity index (χ0n) is 10.7. The summed E-state index contributed by atoms with van der Waals surface area (Å²) in [5.74, 6) is 1.93. The number of thiazole rings is 1. The minimum atomic E-state index is 0.255. The third-order valence-electron chi connectivity index (χ3n) is 2.73. The summed E-state index contributed by atoms with van der Waals surface area (Å²) in [5.41, 5.74) is 1.15. The highest BCUT2D eigenvalue weighted by atomic mass is 32.1. The molecule has 1 unspecified atom stereocenters. The molecule has 4 heteroatoms. The first-order valence-electron chi connectivity index (χ1n) is 5.79. The van der Waals surface area contributed by atoms with E-state index in [1.165, 1.54) is 4.88 Å². The van der Waals surface area contributed by atoms with Crippen molar-refractivity contribution in [1.82, 2.24) is 10.3 Å². The number of hydrogen-bond acceptors (Lipinski definition) is 4. The Bertz CT molecular complexity index is 501. The van der Waals surface area contributed by atoms with E-state index in [1.807, 2.05) is 26.0 Å². The molecule has 92 valence electrons. The van der Waals surface area contributed by atoms with Crippen molar-refractivity contribution in [3.63, 3.8) is 0 Å². The molecule has 3 nitrogen and oxygen atoms in total. The first-order valence-corrected chi connectivity index (χ1v) is 6.60. The number of nitrogens with one attached hydrogen (secondary N) is 1. The van der Waals surface area contributed by atoms with Crippen molar-refractivity contribution in [2.45, 2.75) is 40.3 Å². The van der Waals surface area contributed by atoms with E-state index >= 15 is 0 Å². The maximum Gasteiger partial charge on any atom is 0.117 e. The van der Waals surface area contributed by atoms with Gasteiger partial charge in [-0.1, -0.05) is 0 Å². The lowest BCUT2D eigenvalue weighted by Crippen LogP contribution is -2.18. The van der Waals surface area contributed by atoms with Crippen LogP contribution in [0.5, 0.6) is 0 Å². The molecule has 0 saturated carbocycles. The van der Waals surface area contributed by atoms with Crippen molar-refractivity contribution in [1.29, 1.82) is 0 Å². The summed E-state index contributed by atoms with van der Waals surface area (Å²) in [7, 11) is 0. The Labute approximate surface area is 106 Å². The van der Waals surface area contributed by atoms with Crippen LogP contribution in [0.4, 0.5) is 0 Å². The van der Waals surface area contributed by atoms with E-state index in [2.05, 4.69) is 24.1 Å². The van der Waals surface area contributed by atoms with E-state index in [0.29, 0.717) is 0 Å². The van der Waals surface area contributed by atoms with Crippen LogP contribution in [0.15, 0.2) is 16.5 Å². The van der Waals surface area contributed by atoms with Crippen LogP contribution in [-0.2, 0) is 6.54 Å². The van der Waals surface area contributed by atoms with Crippen molar-refractivity contribution in [2.24, 2.45) is 0 Å². The number of aryl methyl sites for hydroxylation is 3. The molecule has 0 radical (unpaired) electrons. The zero-order chi connectivity index (χ0) is 12.4. The maximum absolute atomic E-state index is 5.52. The molecule has 2 aromatic heterocycles. The third-order valence-corrected chi connectivity index (χ3v) is 3.63. The van der Waals surface area contributed by atoms with Crippen molar-refractivity contribution < 1.29 is 4.42 Å². The Morgan fingerprint density at radius 3 is 2.65 bits per heavy atom. The van der Waals surface area contributed by atoms with Crippen LogP contribution in [0, 0.1) is 20.8 Å². The summed E-state index contributed by atoms with van der Waals surface area (Å²) in [6, 6.07) is 4.25. The second-order valence-electron chi connectivity index (χ2n) is 4.29. The minimum absolute atomic E-state index is 0.255. The minimum Gasteiger partial charge on any atom is -0.465 e. The van der Waals surface area contributed by atoms with Crippen LogP contribution in [0.2, 0.25) is 0 Å². The molecular weight excluding hydrogens is 232 g/mol. The Kier molecular flexibility index (Phi) is 3.64. The summed E-state index contributed by atoms with van der Waals surface area (Å²) >= 11 is 1.75. The predicted octanol–water partition coefficient (Wildman–Crippen LogP) is 3.51. The molecule has 0 aliphatic carbocycles. The van der Waals surface area contributed by atoms with Gasteiger partial charge in [0.2, 0.25) is 0 Å². The second kappa shape index (κ2) is 5.02. The SMILES string of the molecule is Cc1ccc(CNC(C)c2nc(C)sc2C)o1. The van der Waals surface area contributed by atoms with Crippen molar-refractivity contribution >= 4 is 11.3 Å². The average Bonchev–Trinajstić information content (AvgIpc) is 2.81. The number of furan rings is 1. The fourth-order valence-electron chi connectivity index (χ4n) is 1.88. The molecular formula is C13H18N2OS. The highest BCUT2D eigenvalue weighted by Gasteiger charge is 2.12. The molecule has 1 N–H and O–H groups in total. The largest absolute Gasteiger partial charge is 0.465 e. The van der Waals surface area contributed by atoms with Gasteiger partial charge in [0.05, 0.1) is 17.2 Å². The first-order chi connectivity index (χ1) is 8.06. The topological polar surface area (TPSA) is 38.1 Å². The summed E-state index contributed by atoms with van der Waals surface area (Å²) in [5, 5.41) is 4.56. The highest BCUT2D eigenvalue weighted by Crippen LogP contribution is 2.22. The molecule has 2 heterocycles. The fraction of sp³-hybridized carbons (Fsp3) is 0.462. The molecule has 0 saturated heterocycles. The van der Waals surface area contributed by atoms with Gasteiger partial charge >= 0.3 is 0 Å². The monoisotopic (exact) mass is 250 g/mol. The summed E-state index contributed by atoms with van der Waals surface area (Å²) in [4.78, 5) is 5.84.